The number of likely N-dealkylation sites (N-methyl/N-ethyl adjacent to an activating group) is 1. The van der Waals surface area contributed by atoms with Crippen LogP contribution in [-0.2, 0) is 16.8 Å². The number of rotatable bonds is 2. The third kappa shape index (κ3) is 2.43. The lowest BCUT2D eigenvalue weighted by atomic mass is 9.81. The molecule has 0 bridgehead atoms. The summed E-state index contributed by atoms with van der Waals surface area (Å²) in [5, 5.41) is 0. The molecule has 0 saturated carbocycles. The largest absolute Gasteiger partial charge is 0.493 e. The molecule has 4 rings (SSSR count). The van der Waals surface area contributed by atoms with Crippen molar-refractivity contribution in [2.75, 3.05) is 13.7 Å². The van der Waals surface area contributed by atoms with Gasteiger partial charge >= 0.3 is 0 Å². The maximum atomic E-state index is 13.2. The minimum absolute atomic E-state index is 0.153. The van der Waals surface area contributed by atoms with Crippen LogP contribution in [0.15, 0.2) is 51.9 Å². The molecule has 1 amide bonds. The Labute approximate surface area is 154 Å². The lowest BCUT2D eigenvalue weighted by Gasteiger charge is -2.28. The third-order valence-electron chi connectivity index (χ3n) is 4.81. The van der Waals surface area contributed by atoms with Gasteiger partial charge < -0.3 is 10.5 Å². The number of hydrogen-bond acceptors (Lipinski definition) is 4. The molecular formula is C19H18BrN3O2. The molecule has 5 nitrogen and oxygen atoms in total. The Morgan fingerprint density at radius 3 is 2.76 bits per heavy atom. The number of halogens is 1. The maximum Gasteiger partial charge on any atom is 0.266 e. The van der Waals surface area contributed by atoms with Crippen LogP contribution in [-0.4, -0.2) is 30.4 Å². The van der Waals surface area contributed by atoms with Crippen molar-refractivity contribution in [3.8, 4) is 5.75 Å². The number of ether oxygens (including phenoxy) is 1. The molecule has 2 aromatic rings. The van der Waals surface area contributed by atoms with Crippen LogP contribution >= 0.6 is 15.9 Å². The summed E-state index contributed by atoms with van der Waals surface area (Å²) in [5.74, 6) is 0.953. The van der Waals surface area contributed by atoms with Gasteiger partial charge in [-0.25, -0.2) is 4.99 Å². The average molecular weight is 400 g/mol. The summed E-state index contributed by atoms with van der Waals surface area (Å²) < 4.78 is 6.60. The lowest BCUT2D eigenvalue weighted by Crippen LogP contribution is -2.41. The number of benzene rings is 2. The van der Waals surface area contributed by atoms with Crippen LogP contribution in [0, 0.1) is 0 Å². The van der Waals surface area contributed by atoms with E-state index in [-0.39, 0.29) is 11.9 Å². The van der Waals surface area contributed by atoms with E-state index in [9.17, 15) is 4.79 Å². The highest BCUT2D eigenvalue weighted by atomic mass is 79.9. The van der Waals surface area contributed by atoms with Crippen LogP contribution in [0.25, 0.3) is 0 Å². The van der Waals surface area contributed by atoms with Crippen molar-refractivity contribution in [2.45, 2.75) is 18.4 Å². The molecular weight excluding hydrogens is 382 g/mol. The van der Waals surface area contributed by atoms with E-state index in [2.05, 4.69) is 20.9 Å². The number of aliphatic imine (C=N–C) groups is 1. The smallest absolute Gasteiger partial charge is 0.266 e. The molecule has 2 aromatic carbocycles. The van der Waals surface area contributed by atoms with Gasteiger partial charge in [0.2, 0.25) is 0 Å². The first-order chi connectivity index (χ1) is 12.0. The number of fused-ring (bicyclic) bond motifs is 1. The van der Waals surface area contributed by atoms with Gasteiger partial charge in [0.1, 0.15) is 5.75 Å². The SMILES string of the molecule is CN1C(=O)C(c2cccc(Br)c2)(c2ccc3c(c2)CCCO3)N=C1N. The highest BCUT2D eigenvalue weighted by molar-refractivity contribution is 9.10. The van der Waals surface area contributed by atoms with Crippen LogP contribution in [0.5, 0.6) is 5.75 Å². The van der Waals surface area contributed by atoms with Gasteiger partial charge in [0.15, 0.2) is 11.5 Å². The predicted octanol–water partition coefficient (Wildman–Crippen LogP) is 2.80. The van der Waals surface area contributed by atoms with Crippen molar-refractivity contribution < 1.29 is 9.53 Å². The minimum atomic E-state index is -1.16. The first kappa shape index (κ1) is 16.1. The maximum absolute atomic E-state index is 13.2. The molecule has 0 aliphatic carbocycles. The first-order valence-electron chi connectivity index (χ1n) is 8.18. The van der Waals surface area contributed by atoms with Crippen molar-refractivity contribution in [1.82, 2.24) is 4.90 Å². The first-order valence-corrected chi connectivity index (χ1v) is 8.97. The van der Waals surface area contributed by atoms with Crippen LogP contribution in [0.2, 0.25) is 0 Å². The molecule has 1 atom stereocenters. The second-order valence-corrected chi connectivity index (χ2v) is 7.25. The molecule has 0 fully saturated rings. The zero-order valence-corrected chi connectivity index (χ0v) is 15.4. The number of aryl methyl sites for hydroxylation is 1. The minimum Gasteiger partial charge on any atom is -0.493 e. The van der Waals surface area contributed by atoms with Gasteiger partial charge in [-0.1, -0.05) is 34.1 Å². The second kappa shape index (κ2) is 5.88. The van der Waals surface area contributed by atoms with Gasteiger partial charge in [-0.05, 0) is 53.8 Å². The van der Waals surface area contributed by atoms with Gasteiger partial charge in [0, 0.05) is 11.5 Å². The van der Waals surface area contributed by atoms with Gasteiger partial charge in [0.25, 0.3) is 5.91 Å². The molecule has 0 aromatic heterocycles. The summed E-state index contributed by atoms with van der Waals surface area (Å²) in [4.78, 5) is 19.2. The Morgan fingerprint density at radius 2 is 2.04 bits per heavy atom. The van der Waals surface area contributed by atoms with E-state index in [0.29, 0.717) is 0 Å². The Balaban J connectivity index is 1.95. The topological polar surface area (TPSA) is 67.9 Å². The van der Waals surface area contributed by atoms with E-state index in [0.717, 1.165) is 46.4 Å². The molecule has 2 aliphatic rings. The van der Waals surface area contributed by atoms with E-state index in [4.69, 9.17) is 10.5 Å². The molecule has 25 heavy (non-hydrogen) atoms. The summed E-state index contributed by atoms with van der Waals surface area (Å²) in [6.07, 6.45) is 1.90. The van der Waals surface area contributed by atoms with Gasteiger partial charge in [-0.2, -0.15) is 0 Å². The summed E-state index contributed by atoms with van der Waals surface area (Å²) in [6.45, 7) is 0.732. The number of amides is 1. The van der Waals surface area contributed by atoms with E-state index >= 15 is 0 Å². The molecule has 0 spiro atoms. The van der Waals surface area contributed by atoms with Crippen molar-refractivity contribution in [3.05, 3.63) is 63.6 Å². The van der Waals surface area contributed by atoms with Crippen molar-refractivity contribution in [3.63, 3.8) is 0 Å². The van der Waals surface area contributed by atoms with Crippen molar-refractivity contribution in [1.29, 1.82) is 0 Å². The normalized spacial score (nSPS) is 22.4. The Hall–Kier alpha value is -2.34. The molecule has 128 valence electrons. The average Bonchev–Trinajstić information content (AvgIpc) is 2.86. The zero-order chi connectivity index (χ0) is 17.6. The molecule has 2 N–H and O–H groups in total. The molecule has 0 radical (unpaired) electrons. The summed E-state index contributed by atoms with van der Waals surface area (Å²) in [7, 11) is 1.66. The summed E-state index contributed by atoms with van der Waals surface area (Å²) in [5.41, 5.74) is 7.56. The van der Waals surface area contributed by atoms with E-state index in [1.165, 1.54) is 4.90 Å². The number of carbonyl (C=O) groups excluding carboxylic acids is 1. The van der Waals surface area contributed by atoms with Crippen LogP contribution in [0.3, 0.4) is 0 Å². The number of hydrogen-bond donors (Lipinski definition) is 1. The zero-order valence-electron chi connectivity index (χ0n) is 13.8. The Bertz CT molecular complexity index is 896. The number of guanidine groups is 1. The van der Waals surface area contributed by atoms with Crippen molar-refractivity contribution >= 4 is 27.8 Å². The summed E-state index contributed by atoms with van der Waals surface area (Å²) in [6, 6.07) is 13.5. The lowest BCUT2D eigenvalue weighted by molar-refractivity contribution is -0.129. The van der Waals surface area contributed by atoms with E-state index in [1.807, 2.05) is 42.5 Å². The van der Waals surface area contributed by atoms with Gasteiger partial charge in [-0.15, -0.1) is 0 Å². The standard InChI is InChI=1S/C19H18BrN3O2/c1-23-17(24)19(22-18(23)21,13-5-2-6-15(20)11-13)14-7-8-16-12(10-14)4-3-9-25-16/h2,5-8,10-11H,3-4,9H2,1H3,(H2,21,22). The second-order valence-electron chi connectivity index (χ2n) is 6.33. The molecule has 2 heterocycles. The van der Waals surface area contributed by atoms with Crippen molar-refractivity contribution in [2.24, 2.45) is 10.7 Å². The van der Waals surface area contributed by atoms with E-state index < -0.39 is 5.54 Å². The molecule has 2 aliphatic heterocycles. The number of carbonyl (C=O) groups is 1. The van der Waals surface area contributed by atoms with Gasteiger partial charge in [0.05, 0.1) is 6.61 Å². The highest BCUT2D eigenvalue weighted by Gasteiger charge is 2.49. The molecule has 0 saturated heterocycles. The fourth-order valence-corrected chi connectivity index (χ4v) is 3.88. The Kier molecular flexibility index (Phi) is 3.80. The van der Waals surface area contributed by atoms with Crippen LogP contribution in [0.1, 0.15) is 23.1 Å². The Morgan fingerprint density at radius 1 is 1.24 bits per heavy atom. The monoisotopic (exact) mass is 399 g/mol. The summed E-state index contributed by atoms with van der Waals surface area (Å²) >= 11 is 3.49. The number of nitrogens with two attached hydrogens (primary N) is 1. The van der Waals surface area contributed by atoms with Crippen LogP contribution in [0.4, 0.5) is 0 Å². The molecule has 1 unspecified atom stereocenters. The fourth-order valence-electron chi connectivity index (χ4n) is 3.48. The predicted molar refractivity (Wildman–Crippen MR) is 99.6 cm³/mol. The third-order valence-corrected chi connectivity index (χ3v) is 5.30. The quantitative estimate of drug-likeness (QED) is 0.843. The molecule has 6 heteroatoms. The van der Waals surface area contributed by atoms with E-state index in [1.54, 1.807) is 7.05 Å². The van der Waals surface area contributed by atoms with Crippen LogP contribution < -0.4 is 10.5 Å². The number of nitrogens with zero attached hydrogens (tertiary/aromatic N) is 2. The van der Waals surface area contributed by atoms with Gasteiger partial charge in [-0.3, -0.25) is 9.69 Å². The highest BCUT2D eigenvalue weighted by Crippen LogP contribution is 2.41. The fraction of sp³-hybridized carbons (Fsp3) is 0.263.